The Morgan fingerprint density at radius 3 is 2.56 bits per heavy atom. The molecule has 0 bridgehead atoms. The molecule has 3 aromatic heterocycles. The zero-order valence-corrected chi connectivity index (χ0v) is 22.7. The van der Waals surface area contributed by atoms with Crippen molar-refractivity contribution in [3.8, 4) is 0 Å². The number of hydrogen-bond acceptors (Lipinski definition) is 15. The number of hydrogen-bond donors (Lipinski definition) is 6. The Morgan fingerprint density at radius 1 is 1.05 bits per heavy atom. The lowest BCUT2D eigenvalue weighted by Gasteiger charge is -2.22. The first-order valence-corrected chi connectivity index (χ1v) is 14.9. The molecule has 2 saturated heterocycles. The van der Waals surface area contributed by atoms with Crippen LogP contribution >= 0.6 is 15.6 Å². The third-order valence-electron chi connectivity index (χ3n) is 6.27. The van der Waals surface area contributed by atoms with E-state index in [2.05, 4.69) is 24.5 Å². The van der Waals surface area contributed by atoms with Gasteiger partial charge >= 0.3 is 21.3 Å². The first-order valence-electron chi connectivity index (χ1n) is 11.9. The third kappa shape index (κ3) is 6.79. The van der Waals surface area contributed by atoms with Crippen LogP contribution in [0.3, 0.4) is 0 Å². The molecule has 22 heteroatoms. The van der Waals surface area contributed by atoms with E-state index in [0.29, 0.717) is 11.2 Å². The summed E-state index contributed by atoms with van der Waals surface area (Å²) in [5, 5.41) is 10.6. The van der Waals surface area contributed by atoms with Crippen molar-refractivity contribution in [2.75, 3.05) is 24.7 Å². The third-order valence-corrected chi connectivity index (χ3v) is 7.77. The molecule has 2 fully saturated rings. The summed E-state index contributed by atoms with van der Waals surface area (Å²) in [5.41, 5.74) is 11.1. The summed E-state index contributed by atoms with van der Waals surface area (Å²) in [6, 6.07) is 1.32. The fourth-order valence-corrected chi connectivity index (χ4v) is 5.79. The average Bonchev–Trinajstić information content (AvgIpc) is 3.58. The number of rotatable bonds is 10. The average molecular weight is 620 g/mol. The van der Waals surface area contributed by atoms with Crippen molar-refractivity contribution in [1.82, 2.24) is 29.1 Å². The maximum absolute atomic E-state index is 12.8. The molecule has 0 spiro atoms. The zero-order chi connectivity index (χ0) is 29.5. The Kier molecular flexibility index (Phi) is 8.25. The van der Waals surface area contributed by atoms with Crippen LogP contribution in [0, 0.1) is 0 Å². The van der Waals surface area contributed by atoms with Crippen LogP contribution < -0.4 is 17.2 Å². The molecule has 0 saturated carbocycles. The van der Waals surface area contributed by atoms with Crippen molar-refractivity contribution < 1.29 is 52.0 Å². The van der Waals surface area contributed by atoms with E-state index in [9.17, 15) is 23.9 Å². The van der Waals surface area contributed by atoms with Crippen LogP contribution in [0.2, 0.25) is 0 Å². The molecule has 8 N–H and O–H groups in total. The number of ether oxygens (including phenoxy) is 2. The van der Waals surface area contributed by atoms with Gasteiger partial charge in [-0.2, -0.15) is 4.98 Å². The highest BCUT2D eigenvalue weighted by Gasteiger charge is 2.44. The predicted molar refractivity (Wildman–Crippen MR) is 134 cm³/mol. The lowest BCUT2D eigenvalue weighted by molar-refractivity contribution is -0.0562. The van der Waals surface area contributed by atoms with Crippen LogP contribution in [0.15, 0.2) is 29.7 Å². The van der Waals surface area contributed by atoms with Gasteiger partial charge in [0, 0.05) is 19.0 Å². The second kappa shape index (κ2) is 11.4. The minimum atomic E-state index is -4.94. The fraction of sp³-hybridized carbons (Fsp3) is 0.526. The van der Waals surface area contributed by atoms with Crippen molar-refractivity contribution in [1.29, 1.82) is 0 Å². The summed E-state index contributed by atoms with van der Waals surface area (Å²) < 4.78 is 52.8. The van der Waals surface area contributed by atoms with Crippen LogP contribution in [-0.2, 0) is 32.2 Å². The summed E-state index contributed by atoms with van der Waals surface area (Å²) in [4.78, 5) is 56.5. The van der Waals surface area contributed by atoms with E-state index in [1.54, 1.807) is 0 Å². The van der Waals surface area contributed by atoms with E-state index in [1.165, 1.54) is 29.5 Å². The second-order valence-electron chi connectivity index (χ2n) is 9.14. The Labute approximate surface area is 229 Å². The molecule has 2 aliphatic heterocycles. The van der Waals surface area contributed by atoms with Gasteiger partial charge in [-0.3, -0.25) is 22.7 Å². The number of nitrogen functional groups attached to an aromatic ring is 2. The summed E-state index contributed by atoms with van der Waals surface area (Å²) in [6.45, 7) is -1.22. The van der Waals surface area contributed by atoms with Gasteiger partial charge in [0.15, 0.2) is 17.7 Å². The number of phosphoric ester groups is 2. The maximum atomic E-state index is 12.8. The van der Waals surface area contributed by atoms with Gasteiger partial charge in [0.2, 0.25) is 0 Å². The SMILES string of the molecule is Nc1ccn([C@H]2C[C@H](OP(=O)(O)OC[C@H]3C[C@@H](O)[C@H](n4cnc5c(N)ncnc54)O3)[C@@H](COP(=O)(O)O)O2)c(=O)n1. The zero-order valence-electron chi connectivity index (χ0n) is 20.9. The molecule has 3 aromatic rings. The highest BCUT2D eigenvalue weighted by molar-refractivity contribution is 7.47. The monoisotopic (exact) mass is 620 g/mol. The topological polar surface area (TPSA) is 292 Å². The van der Waals surface area contributed by atoms with Crippen LogP contribution in [0.1, 0.15) is 25.3 Å². The van der Waals surface area contributed by atoms with E-state index < -0.39 is 71.4 Å². The van der Waals surface area contributed by atoms with Crippen LogP contribution in [0.4, 0.5) is 11.6 Å². The Morgan fingerprint density at radius 2 is 1.83 bits per heavy atom. The molecule has 1 unspecified atom stereocenters. The van der Waals surface area contributed by atoms with E-state index in [4.69, 9.17) is 39.8 Å². The Hall–Kier alpha value is -2.87. The van der Waals surface area contributed by atoms with Gasteiger partial charge in [-0.25, -0.2) is 28.9 Å². The molecule has 2 aliphatic rings. The molecule has 5 heterocycles. The van der Waals surface area contributed by atoms with Crippen LogP contribution in [-0.4, -0.2) is 86.5 Å². The van der Waals surface area contributed by atoms with E-state index in [0.717, 1.165) is 4.57 Å². The van der Waals surface area contributed by atoms with Crippen molar-refractivity contribution in [3.05, 3.63) is 35.4 Å². The van der Waals surface area contributed by atoms with E-state index >= 15 is 0 Å². The second-order valence-corrected chi connectivity index (χ2v) is 11.8. The predicted octanol–water partition coefficient (Wildman–Crippen LogP) is -1.20. The first kappa shape index (κ1) is 29.6. The van der Waals surface area contributed by atoms with Gasteiger partial charge in [-0.05, 0) is 6.07 Å². The van der Waals surface area contributed by atoms with Gasteiger partial charge in [-0.15, -0.1) is 0 Å². The molecular weight excluding hydrogens is 594 g/mol. The number of fused-ring (bicyclic) bond motifs is 1. The van der Waals surface area contributed by atoms with E-state index in [1.807, 2.05) is 0 Å². The summed E-state index contributed by atoms with van der Waals surface area (Å²) in [7, 11) is -9.79. The molecule has 224 valence electrons. The highest BCUT2D eigenvalue weighted by Crippen LogP contribution is 2.49. The molecule has 0 aliphatic carbocycles. The van der Waals surface area contributed by atoms with Gasteiger partial charge in [0.25, 0.3) is 0 Å². The molecule has 41 heavy (non-hydrogen) atoms. The molecule has 7 atom stereocenters. The number of aliphatic hydroxyl groups is 1. The molecule has 5 rings (SSSR count). The summed E-state index contributed by atoms with van der Waals surface area (Å²) in [5.74, 6) is 0.0893. The number of phosphoric acid groups is 2. The number of imidazole rings is 1. The normalized spacial score (nSPS) is 28.3. The molecular formula is C19H26N8O12P2. The maximum Gasteiger partial charge on any atom is 0.472 e. The first-order chi connectivity index (χ1) is 19.3. The Bertz CT molecular complexity index is 1560. The van der Waals surface area contributed by atoms with Crippen molar-refractivity contribution in [2.24, 2.45) is 0 Å². The highest BCUT2D eigenvalue weighted by atomic mass is 31.2. The number of nitrogens with two attached hydrogens (primary N) is 2. The minimum Gasteiger partial charge on any atom is -0.388 e. The van der Waals surface area contributed by atoms with E-state index in [-0.39, 0.29) is 24.5 Å². The van der Waals surface area contributed by atoms with Gasteiger partial charge in [0.05, 0.1) is 25.6 Å². The number of anilines is 2. The molecule has 0 aromatic carbocycles. The van der Waals surface area contributed by atoms with Crippen molar-refractivity contribution in [2.45, 2.75) is 49.7 Å². The summed E-state index contributed by atoms with van der Waals surface area (Å²) >= 11 is 0. The molecule has 0 amide bonds. The van der Waals surface area contributed by atoms with Gasteiger partial charge in [0.1, 0.15) is 42.2 Å². The number of aromatic nitrogens is 6. The fourth-order valence-electron chi connectivity index (χ4n) is 4.47. The van der Waals surface area contributed by atoms with Gasteiger partial charge in [-0.1, -0.05) is 0 Å². The molecule has 0 radical (unpaired) electrons. The van der Waals surface area contributed by atoms with Crippen molar-refractivity contribution in [3.63, 3.8) is 0 Å². The lowest BCUT2D eigenvalue weighted by Crippen LogP contribution is -2.29. The van der Waals surface area contributed by atoms with Crippen LogP contribution in [0.25, 0.3) is 11.2 Å². The van der Waals surface area contributed by atoms with Crippen LogP contribution in [0.5, 0.6) is 0 Å². The lowest BCUT2D eigenvalue weighted by atomic mass is 10.2. The molecule has 20 nitrogen and oxygen atoms in total. The standard InChI is InChI=1S/C19H26N8O12P2/c20-13-1-2-26(19(29)25-13)14-4-11(12(38-14)6-35-40(30,31)32)39-41(33,34)36-5-9-3-10(28)18(37-9)27-8-24-15-16(21)22-7-23-17(15)27/h1-2,7-12,14,18,28H,3-6H2,(H,33,34)(H2,20,25,29)(H2,21,22,23)(H2,30,31,32)/t9-,10-,11+,12-,14-,18-/m1/s1. The smallest absolute Gasteiger partial charge is 0.388 e. The quantitative estimate of drug-likeness (QED) is 0.145. The number of nitrogens with zero attached hydrogens (tertiary/aromatic N) is 6. The van der Waals surface area contributed by atoms with Gasteiger partial charge < -0.3 is 40.7 Å². The Balaban J connectivity index is 1.24. The summed E-state index contributed by atoms with van der Waals surface area (Å²) in [6.07, 6.45) is -2.88. The van der Waals surface area contributed by atoms with Crippen molar-refractivity contribution >= 4 is 38.4 Å². The number of aliphatic hydroxyl groups excluding tert-OH is 1. The minimum absolute atomic E-state index is 0.0192. The largest absolute Gasteiger partial charge is 0.472 e.